The van der Waals surface area contributed by atoms with Gasteiger partial charge in [-0.3, -0.25) is 4.79 Å². The minimum Gasteiger partial charge on any atom is -0.497 e. The Morgan fingerprint density at radius 1 is 1.35 bits per heavy atom. The Morgan fingerprint density at radius 3 is 2.92 bits per heavy atom. The molecule has 26 heavy (non-hydrogen) atoms. The molecule has 142 valence electrons. The third-order valence-corrected chi connectivity index (χ3v) is 7.22. The SMILES string of the molecule is COc1cccc(C(=O)N2CC3(CC(OCC4CCOCC4)CS3)C2)c1. The van der Waals surface area contributed by atoms with E-state index in [1.54, 1.807) is 7.11 Å². The van der Waals surface area contributed by atoms with Gasteiger partial charge in [0.05, 0.1) is 18.0 Å². The fourth-order valence-corrected chi connectivity index (χ4v) is 5.60. The average molecular weight is 378 g/mol. The molecule has 3 saturated heterocycles. The van der Waals surface area contributed by atoms with Crippen molar-refractivity contribution in [3.8, 4) is 5.75 Å². The summed E-state index contributed by atoms with van der Waals surface area (Å²) in [6.45, 7) is 4.25. The van der Waals surface area contributed by atoms with Crippen molar-refractivity contribution in [2.24, 2.45) is 5.92 Å². The number of methoxy groups -OCH3 is 1. The highest BCUT2D eigenvalue weighted by Crippen LogP contribution is 2.46. The number of benzene rings is 1. The first-order chi connectivity index (χ1) is 12.7. The lowest BCUT2D eigenvalue weighted by atomic mass is 9.92. The smallest absolute Gasteiger partial charge is 0.254 e. The maximum atomic E-state index is 12.7. The Labute approximate surface area is 159 Å². The Balaban J connectivity index is 1.25. The Morgan fingerprint density at radius 2 is 2.15 bits per heavy atom. The molecule has 1 spiro atoms. The van der Waals surface area contributed by atoms with Crippen molar-refractivity contribution in [1.82, 2.24) is 4.90 Å². The molecule has 1 aromatic carbocycles. The number of hydrogen-bond acceptors (Lipinski definition) is 5. The van der Waals surface area contributed by atoms with E-state index >= 15 is 0 Å². The Kier molecular flexibility index (Phi) is 5.43. The van der Waals surface area contributed by atoms with E-state index < -0.39 is 0 Å². The highest BCUT2D eigenvalue weighted by atomic mass is 32.2. The molecule has 3 fully saturated rings. The van der Waals surface area contributed by atoms with E-state index in [9.17, 15) is 4.79 Å². The molecular formula is C20H27NO4S. The number of rotatable bonds is 5. The fraction of sp³-hybridized carbons (Fsp3) is 0.650. The molecule has 3 heterocycles. The van der Waals surface area contributed by atoms with Gasteiger partial charge in [-0.1, -0.05) is 6.07 Å². The molecule has 1 unspecified atom stereocenters. The minimum absolute atomic E-state index is 0.0988. The molecular weight excluding hydrogens is 350 g/mol. The number of thioether (sulfide) groups is 1. The number of amides is 1. The van der Waals surface area contributed by atoms with Crippen LogP contribution in [0.3, 0.4) is 0 Å². The molecule has 3 aliphatic heterocycles. The van der Waals surface area contributed by atoms with Crippen LogP contribution < -0.4 is 4.74 Å². The molecule has 1 atom stereocenters. The van der Waals surface area contributed by atoms with Crippen LogP contribution in [0.1, 0.15) is 29.6 Å². The standard InChI is InChI=1S/C20H27NO4S/c1-23-17-4-2-3-16(9-17)19(22)21-13-20(14-21)10-18(12-26-20)25-11-15-5-7-24-8-6-15/h2-4,9,15,18H,5-8,10-14H2,1H3. The average Bonchev–Trinajstić information content (AvgIpc) is 3.10. The third-order valence-electron chi connectivity index (χ3n) is 5.65. The van der Waals surface area contributed by atoms with Gasteiger partial charge in [0.15, 0.2) is 0 Å². The molecule has 3 aliphatic rings. The topological polar surface area (TPSA) is 48.0 Å². The molecule has 0 saturated carbocycles. The summed E-state index contributed by atoms with van der Waals surface area (Å²) in [7, 11) is 1.62. The second-order valence-electron chi connectivity index (χ2n) is 7.60. The van der Waals surface area contributed by atoms with Crippen LogP contribution in [0.2, 0.25) is 0 Å². The van der Waals surface area contributed by atoms with Crippen LogP contribution in [-0.2, 0) is 9.47 Å². The number of ether oxygens (including phenoxy) is 3. The Bertz CT molecular complexity index is 640. The van der Waals surface area contributed by atoms with E-state index in [2.05, 4.69) is 0 Å². The molecule has 6 heteroatoms. The zero-order valence-electron chi connectivity index (χ0n) is 15.3. The number of nitrogens with zero attached hydrogens (tertiary/aromatic N) is 1. The maximum absolute atomic E-state index is 12.7. The number of carbonyl (C=O) groups is 1. The lowest BCUT2D eigenvalue weighted by Gasteiger charge is -2.47. The highest BCUT2D eigenvalue weighted by molar-refractivity contribution is 8.01. The molecule has 0 aliphatic carbocycles. The largest absolute Gasteiger partial charge is 0.497 e. The van der Waals surface area contributed by atoms with Gasteiger partial charge in [-0.15, -0.1) is 11.8 Å². The van der Waals surface area contributed by atoms with E-state index in [1.807, 2.05) is 40.9 Å². The Hall–Kier alpha value is -1.24. The van der Waals surface area contributed by atoms with Crippen molar-refractivity contribution in [2.75, 3.05) is 45.8 Å². The second kappa shape index (κ2) is 7.79. The van der Waals surface area contributed by atoms with Crippen LogP contribution in [0.4, 0.5) is 0 Å². The predicted octanol–water partition coefficient (Wildman–Crippen LogP) is 2.84. The minimum atomic E-state index is 0.0988. The summed E-state index contributed by atoms with van der Waals surface area (Å²) >= 11 is 1.98. The first-order valence-corrected chi connectivity index (χ1v) is 10.4. The monoisotopic (exact) mass is 377 g/mol. The summed E-state index contributed by atoms with van der Waals surface area (Å²) in [5.74, 6) is 2.52. The molecule has 4 rings (SSSR count). The molecule has 0 aromatic heterocycles. The lowest BCUT2D eigenvalue weighted by Crippen LogP contribution is -2.60. The van der Waals surface area contributed by atoms with Gasteiger partial charge in [0, 0.05) is 44.2 Å². The van der Waals surface area contributed by atoms with Crippen molar-refractivity contribution < 1.29 is 19.0 Å². The molecule has 5 nitrogen and oxygen atoms in total. The zero-order valence-corrected chi connectivity index (χ0v) is 16.1. The van der Waals surface area contributed by atoms with E-state index in [1.165, 1.54) is 0 Å². The van der Waals surface area contributed by atoms with Gasteiger partial charge in [-0.2, -0.15) is 0 Å². The van der Waals surface area contributed by atoms with Gasteiger partial charge in [0.25, 0.3) is 5.91 Å². The normalized spacial score (nSPS) is 25.3. The fourth-order valence-electron chi connectivity index (χ4n) is 4.05. The number of carbonyl (C=O) groups excluding carboxylic acids is 1. The summed E-state index contributed by atoms with van der Waals surface area (Å²) < 4.78 is 17.0. The van der Waals surface area contributed by atoms with Crippen LogP contribution in [0.5, 0.6) is 5.75 Å². The van der Waals surface area contributed by atoms with E-state index in [0.717, 1.165) is 63.7 Å². The predicted molar refractivity (Wildman–Crippen MR) is 102 cm³/mol. The van der Waals surface area contributed by atoms with Gasteiger partial charge >= 0.3 is 0 Å². The molecule has 0 bridgehead atoms. The zero-order chi connectivity index (χ0) is 18.0. The van der Waals surface area contributed by atoms with Crippen molar-refractivity contribution in [3.05, 3.63) is 29.8 Å². The summed E-state index contributed by atoms with van der Waals surface area (Å²) in [5.41, 5.74) is 0.703. The van der Waals surface area contributed by atoms with E-state index in [0.29, 0.717) is 17.6 Å². The van der Waals surface area contributed by atoms with Crippen LogP contribution in [0.15, 0.2) is 24.3 Å². The van der Waals surface area contributed by atoms with E-state index in [-0.39, 0.29) is 10.7 Å². The number of likely N-dealkylation sites (tertiary alicyclic amines) is 1. The van der Waals surface area contributed by atoms with Crippen LogP contribution in [-0.4, -0.2) is 67.4 Å². The molecule has 0 N–H and O–H groups in total. The van der Waals surface area contributed by atoms with Gasteiger partial charge < -0.3 is 19.1 Å². The summed E-state index contributed by atoms with van der Waals surface area (Å²) in [5, 5.41) is 0. The van der Waals surface area contributed by atoms with Gasteiger partial charge in [-0.05, 0) is 43.4 Å². The second-order valence-corrected chi connectivity index (χ2v) is 9.09. The van der Waals surface area contributed by atoms with Crippen molar-refractivity contribution in [1.29, 1.82) is 0 Å². The first-order valence-electron chi connectivity index (χ1n) is 9.44. The maximum Gasteiger partial charge on any atom is 0.254 e. The van der Waals surface area contributed by atoms with Crippen molar-refractivity contribution in [2.45, 2.75) is 30.1 Å². The van der Waals surface area contributed by atoms with Crippen molar-refractivity contribution in [3.63, 3.8) is 0 Å². The van der Waals surface area contributed by atoms with Crippen molar-refractivity contribution >= 4 is 17.7 Å². The van der Waals surface area contributed by atoms with E-state index in [4.69, 9.17) is 14.2 Å². The lowest BCUT2D eigenvalue weighted by molar-refractivity contribution is -0.0118. The van der Waals surface area contributed by atoms with Gasteiger partial charge in [-0.25, -0.2) is 0 Å². The summed E-state index contributed by atoms with van der Waals surface area (Å²) in [6, 6.07) is 7.40. The third kappa shape index (κ3) is 3.87. The number of hydrogen-bond donors (Lipinski definition) is 0. The van der Waals surface area contributed by atoms with Crippen LogP contribution in [0, 0.1) is 5.92 Å². The van der Waals surface area contributed by atoms with Crippen LogP contribution in [0.25, 0.3) is 0 Å². The molecule has 1 aromatic rings. The molecule has 0 radical (unpaired) electrons. The quantitative estimate of drug-likeness (QED) is 0.790. The van der Waals surface area contributed by atoms with Gasteiger partial charge in [0.1, 0.15) is 5.75 Å². The summed E-state index contributed by atoms with van der Waals surface area (Å²) in [6.07, 6.45) is 3.63. The summed E-state index contributed by atoms with van der Waals surface area (Å²) in [4.78, 5) is 14.6. The molecule has 1 amide bonds. The first kappa shape index (κ1) is 18.1. The van der Waals surface area contributed by atoms with Crippen LogP contribution >= 0.6 is 11.8 Å². The highest BCUT2D eigenvalue weighted by Gasteiger charge is 2.51. The van der Waals surface area contributed by atoms with Gasteiger partial charge in [0.2, 0.25) is 0 Å².